The van der Waals surface area contributed by atoms with Crippen LogP contribution in [0.5, 0.6) is 28.7 Å². The van der Waals surface area contributed by atoms with E-state index in [1.165, 1.54) is 26.4 Å². The Balaban J connectivity index is 0.556. The number of aliphatic hydroxyl groups excluding tert-OH is 1. The number of aromatic nitrogens is 3. The van der Waals surface area contributed by atoms with E-state index in [-0.39, 0.29) is 141 Å². The van der Waals surface area contributed by atoms with Crippen molar-refractivity contribution in [3.05, 3.63) is 202 Å². The van der Waals surface area contributed by atoms with Crippen LogP contribution in [0.25, 0.3) is 28.1 Å². The van der Waals surface area contributed by atoms with Crippen molar-refractivity contribution in [1.82, 2.24) is 35.4 Å². The Morgan fingerprint density at radius 3 is 2.06 bits per heavy atom. The van der Waals surface area contributed by atoms with Gasteiger partial charge in [0.2, 0.25) is 17.7 Å². The van der Waals surface area contributed by atoms with Crippen molar-refractivity contribution in [2.24, 2.45) is 11.3 Å². The number of carbonyl (C=O) groups excluding carboxylic acids is 9. The van der Waals surface area contributed by atoms with Crippen LogP contribution in [0, 0.1) is 11.3 Å². The first kappa shape index (κ1) is 77.7. The summed E-state index contributed by atoms with van der Waals surface area (Å²) in [5, 5.41) is 26.8. The Labute approximate surface area is 655 Å². The van der Waals surface area contributed by atoms with Gasteiger partial charge in [0.15, 0.2) is 40.8 Å². The summed E-state index contributed by atoms with van der Waals surface area (Å²) in [4.78, 5) is 132. The van der Waals surface area contributed by atoms with E-state index in [0.717, 1.165) is 81.0 Å². The molecule has 3 N–H and O–H groups in total. The SMILES string of the molecule is COc1ccc(C2=CN3C(=O)c4cc(OC)c(OCCCOc5cc6c(cc5OC)C(=O)N5CC7(CC7)C[C@H]5C(O)N6C(=O)OCc5ccc(CC(=O)[C@H](C)NC(=O)[C@@H](CC(=O)CNC(=O)CCC(=O)CCC(=O)N6Cc7ccccc7-c7c(nnn7C(C)C)-c7ccccc76)Cc6ccccc6)cc5)cc4CC[C@@H]3C2)cc1. The quantitative estimate of drug-likeness (QED) is 0.0352. The zero-order chi connectivity index (χ0) is 79.2. The Morgan fingerprint density at radius 2 is 1.35 bits per heavy atom. The third kappa shape index (κ3) is 17.1. The summed E-state index contributed by atoms with van der Waals surface area (Å²) >= 11 is 0. The monoisotopic (exact) mass is 1530 g/mol. The number of aliphatic hydroxyl groups is 1. The summed E-state index contributed by atoms with van der Waals surface area (Å²) in [6, 6.07) is 44.1. The van der Waals surface area contributed by atoms with Crippen molar-refractivity contribution in [2.75, 3.05) is 57.4 Å². The number of hydrogen-bond acceptors (Lipinski definition) is 18. The predicted octanol–water partition coefficient (Wildman–Crippen LogP) is 12.0. The number of benzene rings is 7. The highest BCUT2D eigenvalue weighted by Crippen LogP contribution is 2.57. The number of hydrogen-bond donors (Lipinski definition) is 3. The number of ketones is 3. The maximum Gasteiger partial charge on any atom is 0.416 e. The van der Waals surface area contributed by atoms with Gasteiger partial charge in [0.1, 0.15) is 23.8 Å². The van der Waals surface area contributed by atoms with Gasteiger partial charge < -0.3 is 58.9 Å². The van der Waals surface area contributed by atoms with E-state index in [2.05, 4.69) is 20.9 Å². The zero-order valence-corrected chi connectivity index (χ0v) is 64.3. The van der Waals surface area contributed by atoms with Crippen LogP contribution < -0.4 is 44.1 Å². The summed E-state index contributed by atoms with van der Waals surface area (Å²) in [5.41, 5.74) is 10.2. The van der Waals surface area contributed by atoms with E-state index in [0.29, 0.717) is 65.4 Å². The number of para-hydroxylation sites is 1. The lowest BCUT2D eigenvalue weighted by Crippen LogP contribution is -2.50. The highest BCUT2D eigenvalue weighted by molar-refractivity contribution is 6.07. The fraction of sp³-hybridized carbons (Fsp3) is 0.375. The largest absolute Gasteiger partial charge is 0.497 e. The van der Waals surface area contributed by atoms with Crippen LogP contribution in [0.2, 0.25) is 0 Å². The molecule has 5 aliphatic heterocycles. The molecule has 5 atom stereocenters. The molecule has 0 radical (unpaired) electrons. The summed E-state index contributed by atoms with van der Waals surface area (Å²) < 4.78 is 37.4. The van der Waals surface area contributed by atoms with E-state index in [1.54, 1.807) is 54.2 Å². The number of anilines is 2. The van der Waals surface area contributed by atoms with E-state index < -0.39 is 54.5 Å². The second-order valence-electron chi connectivity index (χ2n) is 30.4. The maximum atomic E-state index is 14.6. The minimum Gasteiger partial charge on any atom is -0.497 e. The van der Waals surface area contributed by atoms with Gasteiger partial charge in [0.05, 0.1) is 82.3 Å². The van der Waals surface area contributed by atoms with Gasteiger partial charge in [-0.1, -0.05) is 114 Å². The molecule has 6 amide bonds. The molecule has 6 heterocycles. The normalized spacial score (nSPS) is 17.4. The third-order valence-corrected chi connectivity index (χ3v) is 22.4. The maximum absolute atomic E-state index is 14.6. The highest BCUT2D eigenvalue weighted by Gasteiger charge is 2.58. The first-order chi connectivity index (χ1) is 54.7. The molecule has 1 spiro atoms. The van der Waals surface area contributed by atoms with Crippen molar-refractivity contribution in [1.29, 1.82) is 0 Å². The average Bonchev–Trinajstić information content (AvgIpc) is 1.57. The first-order valence-corrected chi connectivity index (χ1v) is 38.7. The van der Waals surface area contributed by atoms with Crippen LogP contribution in [-0.4, -0.2) is 155 Å². The molecule has 8 aromatic rings. The fourth-order valence-corrected chi connectivity index (χ4v) is 15.9. The topological polar surface area (TPSA) is 297 Å². The smallest absolute Gasteiger partial charge is 0.416 e. The standard InChI is InChI=1S/C88H93N9O16/c1-53(2)97-82-67-18-11-10-17-60(67)49-94(71-20-13-12-19-68(71)81(82)91-92-97)80(102)34-30-64(98)29-33-79(101)89-48-65(99)42-61(39-55-15-8-7-9-16-55)83(103)90-54(3)74(100)40-56-21-23-57(24-22-56)51-113-87(107)96-72-46-78(76(110-6)45-70(72)85(105)95-52-88(35-36-88)47-73(95)86(96)106)112-38-14-37-111-77-43-59-25-28-63-41-62(58-26-31-66(108-4)32-27-58)50-93(63)84(104)69(59)44-75(77)109-5/h7-13,15-24,26-27,31-32,43-46,50,53-54,61,63,73,86,106H,14,25,28-30,33-42,47-49,51-52H2,1-6H3,(H,89,101)(H,90,103)/t54-,61+,63+,73-,86?/m0/s1. The lowest BCUT2D eigenvalue weighted by Gasteiger charge is -2.31. The van der Waals surface area contributed by atoms with Crippen molar-refractivity contribution in [3.63, 3.8) is 0 Å². The van der Waals surface area contributed by atoms with Gasteiger partial charge in [-0.2, -0.15) is 0 Å². The summed E-state index contributed by atoms with van der Waals surface area (Å²) in [6.45, 7) is 5.98. The van der Waals surface area contributed by atoms with Gasteiger partial charge in [0, 0.05) is 98.4 Å². The molecule has 1 aliphatic carbocycles. The number of amides is 6. The molecule has 1 unspecified atom stereocenters. The van der Waals surface area contributed by atoms with Crippen molar-refractivity contribution < 1.29 is 76.7 Å². The molecule has 0 bridgehead atoms. The zero-order valence-electron chi connectivity index (χ0n) is 64.3. The number of rotatable bonds is 30. The van der Waals surface area contributed by atoms with Gasteiger partial charge in [-0.15, -0.1) is 5.10 Å². The summed E-state index contributed by atoms with van der Waals surface area (Å²) in [5.74, 6) is -1.67. The third-order valence-electron chi connectivity index (χ3n) is 22.4. The van der Waals surface area contributed by atoms with Crippen LogP contribution in [0.1, 0.15) is 152 Å². The second-order valence-corrected chi connectivity index (χ2v) is 30.4. The van der Waals surface area contributed by atoms with Gasteiger partial charge >= 0.3 is 6.09 Å². The van der Waals surface area contributed by atoms with Gasteiger partial charge in [-0.25, -0.2) is 14.4 Å². The van der Waals surface area contributed by atoms with Crippen LogP contribution >= 0.6 is 0 Å². The number of nitrogens with zero attached hydrogens (tertiary/aromatic N) is 7. The Hall–Kier alpha value is -12.0. The van der Waals surface area contributed by atoms with Gasteiger partial charge in [-0.05, 0) is 146 Å². The van der Waals surface area contributed by atoms with Crippen LogP contribution in [0.4, 0.5) is 16.2 Å². The molecule has 7 aromatic carbocycles. The Kier molecular flexibility index (Phi) is 23.3. The van der Waals surface area contributed by atoms with Gasteiger partial charge in [-0.3, -0.25) is 38.4 Å². The molecular weight excluding hydrogens is 1440 g/mol. The molecule has 113 heavy (non-hydrogen) atoms. The van der Waals surface area contributed by atoms with Crippen molar-refractivity contribution in [2.45, 2.75) is 154 Å². The molecule has 25 nitrogen and oxygen atoms in total. The summed E-state index contributed by atoms with van der Waals surface area (Å²) in [7, 11) is 4.61. The van der Waals surface area contributed by atoms with Crippen molar-refractivity contribution in [3.8, 4) is 51.3 Å². The lowest BCUT2D eigenvalue weighted by molar-refractivity contribution is -0.132. The number of carbonyl (C=O) groups is 9. The Morgan fingerprint density at radius 1 is 0.664 bits per heavy atom. The van der Waals surface area contributed by atoms with Gasteiger partial charge in [0.25, 0.3) is 11.8 Å². The second kappa shape index (κ2) is 33.9. The number of ether oxygens (including phenoxy) is 6. The van der Waals surface area contributed by atoms with Crippen LogP contribution in [0.15, 0.2) is 158 Å². The molecule has 1 saturated carbocycles. The van der Waals surface area contributed by atoms with E-state index in [1.807, 2.05) is 139 Å². The number of methoxy groups -OCH3 is 3. The predicted molar refractivity (Wildman–Crippen MR) is 420 cm³/mol. The van der Waals surface area contributed by atoms with Crippen LogP contribution in [-0.2, 0) is 65.9 Å². The molecular formula is C88H93N9O16. The minimum atomic E-state index is -1.49. The summed E-state index contributed by atoms with van der Waals surface area (Å²) in [6.07, 6.45) is 3.60. The average molecular weight is 1530 g/mol. The molecule has 586 valence electrons. The van der Waals surface area contributed by atoms with E-state index in [4.69, 9.17) is 28.4 Å². The minimum absolute atomic E-state index is 0.00317. The fourth-order valence-electron chi connectivity index (χ4n) is 15.9. The number of Topliss-reactive ketones (excluding diaryl/α,β-unsaturated/α-hetero) is 3. The molecule has 6 aliphatic rings. The van der Waals surface area contributed by atoms with Crippen LogP contribution in [0.3, 0.4) is 0 Å². The molecule has 2 fully saturated rings. The van der Waals surface area contributed by atoms with E-state index in [9.17, 15) is 48.3 Å². The molecule has 1 saturated heterocycles. The molecule has 14 rings (SSSR count). The lowest BCUT2D eigenvalue weighted by atomic mass is 9.92. The molecule has 1 aromatic heterocycles. The highest BCUT2D eigenvalue weighted by atomic mass is 16.6. The number of nitrogens with one attached hydrogen (secondary N) is 2. The van der Waals surface area contributed by atoms with Crippen molar-refractivity contribution >= 4 is 69.9 Å². The number of aryl methyl sites for hydroxylation is 1. The number of fused-ring (bicyclic) bond motifs is 9. The first-order valence-electron chi connectivity index (χ1n) is 38.7. The van der Waals surface area contributed by atoms with E-state index >= 15 is 0 Å². The Bertz CT molecular complexity index is 5000. The molecule has 25 heteroatoms.